The van der Waals surface area contributed by atoms with Gasteiger partial charge in [0.2, 0.25) is 0 Å². The van der Waals surface area contributed by atoms with E-state index in [0.29, 0.717) is 11.5 Å². The number of carbonyl (C=O) groups is 1. The molecule has 3 heterocycles. The lowest BCUT2D eigenvalue weighted by molar-refractivity contribution is 0.0709. The first kappa shape index (κ1) is 16.8. The second-order valence-electron chi connectivity index (χ2n) is 9.05. The van der Waals surface area contributed by atoms with Crippen LogP contribution >= 0.6 is 11.3 Å². The maximum atomic E-state index is 13.2. The summed E-state index contributed by atoms with van der Waals surface area (Å²) in [5, 5.41) is 6.01. The third-order valence-electron chi connectivity index (χ3n) is 5.80. The first-order valence-corrected chi connectivity index (χ1v) is 9.88. The molecule has 2 aromatic heterocycles. The molecule has 1 aliphatic carbocycles. The summed E-state index contributed by atoms with van der Waals surface area (Å²) < 4.78 is 5.27. The first-order chi connectivity index (χ1) is 11.7. The zero-order valence-electron chi connectivity index (χ0n) is 15.7. The fourth-order valence-electron chi connectivity index (χ4n) is 5.28. The first-order valence-electron chi connectivity index (χ1n) is 9.00. The van der Waals surface area contributed by atoms with Crippen molar-refractivity contribution >= 4 is 17.2 Å². The predicted molar refractivity (Wildman–Crippen MR) is 99.9 cm³/mol. The van der Waals surface area contributed by atoms with E-state index in [1.807, 2.05) is 25.3 Å². The molecule has 1 saturated carbocycles. The highest BCUT2D eigenvalue weighted by atomic mass is 32.1. The topological polar surface area (TPSA) is 46.3 Å². The smallest absolute Gasteiger partial charge is 0.254 e. The Morgan fingerprint density at radius 3 is 2.76 bits per heavy atom. The average molecular weight is 359 g/mol. The summed E-state index contributed by atoms with van der Waals surface area (Å²) in [6.45, 7) is 11.8. The average Bonchev–Trinajstić information content (AvgIpc) is 3.14. The number of thiophene rings is 1. The highest BCUT2D eigenvalue weighted by Gasteiger charge is 2.51. The van der Waals surface area contributed by atoms with Crippen LogP contribution in [0.2, 0.25) is 0 Å². The number of aryl methyl sites for hydroxylation is 2. The van der Waals surface area contributed by atoms with E-state index >= 15 is 0 Å². The lowest BCUT2D eigenvalue weighted by Crippen LogP contribution is -2.37. The van der Waals surface area contributed by atoms with Gasteiger partial charge in [0, 0.05) is 22.8 Å². The highest BCUT2D eigenvalue weighted by Crippen LogP contribution is 2.52. The second-order valence-corrected chi connectivity index (χ2v) is 9.96. The molecule has 2 aliphatic rings. The fraction of sp³-hybridized carbons (Fsp3) is 0.600. The van der Waals surface area contributed by atoms with Crippen LogP contribution in [0.1, 0.15) is 61.8 Å². The summed E-state index contributed by atoms with van der Waals surface area (Å²) in [6, 6.07) is 2.39. The van der Waals surface area contributed by atoms with E-state index in [0.717, 1.165) is 46.8 Å². The summed E-state index contributed by atoms with van der Waals surface area (Å²) in [5.41, 5.74) is 3.29. The standard InChI is InChI=1S/C20H26N2O2S/c1-12-17(13(2)24-21-12)16-6-14(9-25-16)18(23)22-11-20(5)8-15(22)7-19(3,4)10-20/h6,9,15H,7-8,10-11H2,1-5H3. The molecule has 0 spiro atoms. The van der Waals surface area contributed by atoms with E-state index in [9.17, 15) is 4.79 Å². The molecule has 0 radical (unpaired) electrons. The van der Waals surface area contributed by atoms with Crippen molar-refractivity contribution < 1.29 is 9.32 Å². The van der Waals surface area contributed by atoms with Gasteiger partial charge in [0.1, 0.15) is 5.76 Å². The number of amides is 1. The third-order valence-corrected chi connectivity index (χ3v) is 6.75. The number of nitrogens with zero attached hydrogens (tertiary/aromatic N) is 2. The van der Waals surface area contributed by atoms with E-state index in [4.69, 9.17) is 4.52 Å². The molecule has 1 saturated heterocycles. The van der Waals surface area contributed by atoms with Gasteiger partial charge in [0.25, 0.3) is 5.91 Å². The predicted octanol–water partition coefficient (Wildman–Crippen LogP) is 5.06. The highest BCUT2D eigenvalue weighted by molar-refractivity contribution is 7.13. The Balaban J connectivity index is 1.61. The van der Waals surface area contributed by atoms with Crippen molar-refractivity contribution in [3.8, 4) is 10.4 Å². The Hall–Kier alpha value is -1.62. The molecule has 4 rings (SSSR count). The lowest BCUT2D eigenvalue weighted by Gasteiger charge is -2.39. The molecule has 1 amide bonds. The molecule has 4 nitrogen and oxygen atoms in total. The number of hydrogen-bond acceptors (Lipinski definition) is 4. The van der Waals surface area contributed by atoms with Gasteiger partial charge >= 0.3 is 0 Å². The zero-order valence-corrected chi connectivity index (χ0v) is 16.5. The van der Waals surface area contributed by atoms with Crippen LogP contribution in [0.5, 0.6) is 0 Å². The molecule has 2 unspecified atom stereocenters. The van der Waals surface area contributed by atoms with E-state index in [-0.39, 0.29) is 11.3 Å². The van der Waals surface area contributed by atoms with Crippen LogP contribution in [-0.2, 0) is 0 Å². The Labute approximate surface area is 153 Å². The Bertz CT molecular complexity index is 815. The summed E-state index contributed by atoms with van der Waals surface area (Å²) >= 11 is 1.60. The van der Waals surface area contributed by atoms with Gasteiger partial charge in [-0.15, -0.1) is 11.3 Å². The molecule has 134 valence electrons. The van der Waals surface area contributed by atoms with Gasteiger partial charge in [-0.2, -0.15) is 0 Å². The quantitative estimate of drug-likeness (QED) is 0.754. The van der Waals surface area contributed by atoms with Crippen LogP contribution in [0.25, 0.3) is 10.4 Å². The van der Waals surface area contributed by atoms with E-state index in [1.165, 1.54) is 6.42 Å². The SMILES string of the molecule is Cc1noc(C)c1-c1cc(C(=O)N2CC3(C)CC2CC(C)(C)C3)cs1. The maximum Gasteiger partial charge on any atom is 0.254 e. The van der Waals surface area contributed by atoms with Crippen molar-refractivity contribution in [1.82, 2.24) is 10.1 Å². The largest absolute Gasteiger partial charge is 0.361 e. The summed E-state index contributed by atoms with van der Waals surface area (Å²) in [7, 11) is 0. The molecule has 2 aromatic rings. The van der Waals surface area contributed by atoms with Gasteiger partial charge < -0.3 is 9.42 Å². The number of likely N-dealkylation sites (tertiary alicyclic amines) is 1. The Morgan fingerprint density at radius 2 is 2.08 bits per heavy atom. The van der Waals surface area contributed by atoms with Crippen LogP contribution in [-0.4, -0.2) is 28.6 Å². The van der Waals surface area contributed by atoms with Crippen molar-refractivity contribution in [3.63, 3.8) is 0 Å². The van der Waals surface area contributed by atoms with Gasteiger partial charge in [-0.3, -0.25) is 4.79 Å². The molecule has 0 N–H and O–H groups in total. The molecular formula is C20H26N2O2S. The molecular weight excluding hydrogens is 332 g/mol. The molecule has 2 bridgehead atoms. The number of rotatable bonds is 2. The van der Waals surface area contributed by atoms with E-state index in [1.54, 1.807) is 11.3 Å². The number of aromatic nitrogens is 1. The van der Waals surface area contributed by atoms with Crippen molar-refractivity contribution in [1.29, 1.82) is 0 Å². The Morgan fingerprint density at radius 1 is 1.32 bits per heavy atom. The minimum Gasteiger partial charge on any atom is -0.361 e. The molecule has 0 aromatic carbocycles. The Kier molecular flexibility index (Phi) is 3.66. The van der Waals surface area contributed by atoms with Gasteiger partial charge in [-0.1, -0.05) is 25.9 Å². The molecule has 25 heavy (non-hydrogen) atoms. The van der Waals surface area contributed by atoms with Crippen molar-refractivity contribution in [2.45, 2.75) is 59.9 Å². The minimum absolute atomic E-state index is 0.181. The van der Waals surface area contributed by atoms with Crippen LogP contribution in [0.4, 0.5) is 0 Å². The van der Waals surface area contributed by atoms with E-state index < -0.39 is 0 Å². The molecule has 1 aliphatic heterocycles. The van der Waals surface area contributed by atoms with Crippen LogP contribution in [0.15, 0.2) is 16.0 Å². The normalized spacial score (nSPS) is 27.7. The minimum atomic E-state index is 0.181. The van der Waals surface area contributed by atoms with Crippen LogP contribution < -0.4 is 0 Å². The summed E-state index contributed by atoms with van der Waals surface area (Å²) in [5.74, 6) is 0.991. The van der Waals surface area contributed by atoms with Crippen molar-refractivity contribution in [3.05, 3.63) is 28.5 Å². The third kappa shape index (κ3) is 2.82. The van der Waals surface area contributed by atoms with Crippen molar-refractivity contribution in [2.24, 2.45) is 10.8 Å². The number of carbonyl (C=O) groups excluding carboxylic acids is 1. The monoisotopic (exact) mass is 358 g/mol. The van der Waals surface area contributed by atoms with Crippen molar-refractivity contribution in [2.75, 3.05) is 6.54 Å². The lowest BCUT2D eigenvalue weighted by atomic mass is 9.65. The molecule has 2 atom stereocenters. The number of hydrogen-bond donors (Lipinski definition) is 0. The van der Waals surface area contributed by atoms with Crippen LogP contribution in [0, 0.1) is 24.7 Å². The zero-order chi connectivity index (χ0) is 18.0. The van der Waals surface area contributed by atoms with Gasteiger partial charge in [0.05, 0.1) is 16.8 Å². The van der Waals surface area contributed by atoms with Gasteiger partial charge in [0.15, 0.2) is 0 Å². The second kappa shape index (κ2) is 5.44. The van der Waals surface area contributed by atoms with Crippen LogP contribution in [0.3, 0.4) is 0 Å². The maximum absolute atomic E-state index is 13.2. The molecule has 2 fully saturated rings. The summed E-state index contributed by atoms with van der Waals surface area (Å²) in [6.07, 6.45) is 3.45. The molecule has 5 heteroatoms. The van der Waals surface area contributed by atoms with Gasteiger partial charge in [-0.05, 0) is 50.0 Å². The van der Waals surface area contributed by atoms with E-state index in [2.05, 4.69) is 30.8 Å². The number of fused-ring (bicyclic) bond motifs is 2. The van der Waals surface area contributed by atoms with Gasteiger partial charge in [-0.25, -0.2) is 0 Å². The fourth-order valence-corrected chi connectivity index (χ4v) is 6.30. The summed E-state index contributed by atoms with van der Waals surface area (Å²) in [4.78, 5) is 16.4.